The minimum atomic E-state index is -4.24. The molecular weight excluding hydrogens is 484 g/mol. The molecule has 1 heterocycles. The molecule has 0 spiro atoms. The maximum atomic E-state index is 13.0. The number of anilines is 4. The van der Waals surface area contributed by atoms with Gasteiger partial charge in [0.1, 0.15) is 6.42 Å². The van der Waals surface area contributed by atoms with E-state index in [2.05, 4.69) is 10.0 Å². The Morgan fingerprint density at radius 1 is 0.944 bits per heavy atom. The van der Waals surface area contributed by atoms with Crippen molar-refractivity contribution in [3.63, 3.8) is 0 Å². The van der Waals surface area contributed by atoms with Gasteiger partial charge in [-0.2, -0.15) is 0 Å². The molecule has 36 heavy (non-hydrogen) atoms. The first-order chi connectivity index (χ1) is 17.2. The summed E-state index contributed by atoms with van der Waals surface area (Å²) in [7, 11) is -4.24. The molecule has 2 aliphatic rings. The predicted octanol–water partition coefficient (Wildman–Crippen LogP) is 4.28. The Kier molecular flexibility index (Phi) is 5.92. The highest BCUT2D eigenvalue weighted by Gasteiger charge is 2.31. The number of carbonyl (C=O) groups excluding carboxylic acids is 2. The van der Waals surface area contributed by atoms with Gasteiger partial charge in [-0.05, 0) is 73.2 Å². The van der Waals surface area contributed by atoms with Crippen LogP contribution in [0.5, 0.6) is 0 Å². The zero-order valence-corrected chi connectivity index (χ0v) is 19.9. The summed E-state index contributed by atoms with van der Waals surface area (Å²) < 4.78 is 28.0. The number of nitro groups is 1. The molecule has 2 amide bonds. The number of amides is 2. The van der Waals surface area contributed by atoms with Crippen molar-refractivity contribution in [2.24, 2.45) is 0 Å². The van der Waals surface area contributed by atoms with Crippen molar-refractivity contribution in [1.82, 2.24) is 0 Å². The van der Waals surface area contributed by atoms with Crippen molar-refractivity contribution in [2.45, 2.75) is 37.0 Å². The van der Waals surface area contributed by atoms with E-state index in [1.165, 1.54) is 29.2 Å². The van der Waals surface area contributed by atoms with E-state index in [1.54, 1.807) is 12.1 Å². The van der Waals surface area contributed by atoms with Gasteiger partial charge in [0.25, 0.3) is 15.7 Å². The van der Waals surface area contributed by atoms with Crippen molar-refractivity contribution >= 4 is 50.3 Å². The van der Waals surface area contributed by atoms with E-state index >= 15 is 0 Å². The first-order valence-electron chi connectivity index (χ1n) is 11.4. The van der Waals surface area contributed by atoms with Crippen LogP contribution in [0.4, 0.5) is 28.4 Å². The summed E-state index contributed by atoms with van der Waals surface area (Å²) in [5.74, 6) is -0.785. The van der Waals surface area contributed by atoms with Gasteiger partial charge in [0.2, 0.25) is 11.8 Å². The van der Waals surface area contributed by atoms with Gasteiger partial charge < -0.3 is 5.32 Å². The minimum Gasteiger partial charge on any atom is -0.324 e. The van der Waals surface area contributed by atoms with Crippen LogP contribution in [0.15, 0.2) is 65.6 Å². The Bertz CT molecular complexity index is 1500. The highest BCUT2D eigenvalue weighted by atomic mass is 32.2. The molecule has 0 fully saturated rings. The summed E-state index contributed by atoms with van der Waals surface area (Å²) >= 11 is 0. The lowest BCUT2D eigenvalue weighted by Gasteiger charge is -2.26. The standard InChI is InChI=1S/C25H22N4O6S/c30-23-15-24(31)28(21-14-9-16-5-1-2-6-19(16)25(21)26-23)18-12-10-17(11-13-18)27-36(34,35)22-8-4-3-7-20(22)29(32)33/h3-4,7-14,27H,1-2,5-6,15H2,(H,26,30). The summed E-state index contributed by atoms with van der Waals surface area (Å²) in [6.07, 6.45) is 3.48. The third-order valence-electron chi connectivity index (χ3n) is 6.31. The highest BCUT2D eigenvalue weighted by Crippen LogP contribution is 2.41. The van der Waals surface area contributed by atoms with Crippen molar-refractivity contribution in [1.29, 1.82) is 0 Å². The van der Waals surface area contributed by atoms with Crippen LogP contribution in [0.1, 0.15) is 30.4 Å². The van der Waals surface area contributed by atoms with Crippen LogP contribution < -0.4 is 14.9 Å². The van der Waals surface area contributed by atoms with Crippen LogP contribution in [0, 0.1) is 10.1 Å². The Labute approximate surface area is 207 Å². The monoisotopic (exact) mass is 506 g/mol. The van der Waals surface area contributed by atoms with Gasteiger partial charge in [0, 0.05) is 17.4 Å². The lowest BCUT2D eigenvalue weighted by atomic mass is 9.89. The van der Waals surface area contributed by atoms with E-state index in [0.717, 1.165) is 48.9 Å². The van der Waals surface area contributed by atoms with Crippen molar-refractivity contribution in [3.8, 4) is 0 Å². The van der Waals surface area contributed by atoms with E-state index in [-0.39, 0.29) is 18.0 Å². The lowest BCUT2D eigenvalue weighted by Crippen LogP contribution is -2.26. The molecule has 0 aromatic heterocycles. The van der Waals surface area contributed by atoms with Crippen LogP contribution >= 0.6 is 0 Å². The topological polar surface area (TPSA) is 139 Å². The smallest absolute Gasteiger partial charge is 0.289 e. The van der Waals surface area contributed by atoms with Crippen LogP contribution in [0.25, 0.3) is 0 Å². The van der Waals surface area contributed by atoms with E-state index < -0.39 is 31.4 Å². The average Bonchev–Trinajstić information content (AvgIpc) is 2.99. The van der Waals surface area contributed by atoms with Crippen molar-refractivity contribution in [2.75, 3.05) is 14.9 Å². The fourth-order valence-corrected chi connectivity index (χ4v) is 5.91. The van der Waals surface area contributed by atoms with Crippen LogP contribution in [-0.2, 0) is 32.5 Å². The Balaban J connectivity index is 1.49. The molecule has 5 rings (SSSR count). The van der Waals surface area contributed by atoms with Crippen LogP contribution in [0.2, 0.25) is 0 Å². The molecule has 11 heteroatoms. The molecule has 184 valence electrons. The number of nitrogens with zero attached hydrogens (tertiary/aromatic N) is 2. The highest BCUT2D eigenvalue weighted by molar-refractivity contribution is 7.92. The van der Waals surface area contributed by atoms with Gasteiger partial charge in [-0.1, -0.05) is 18.2 Å². The lowest BCUT2D eigenvalue weighted by molar-refractivity contribution is -0.387. The quantitative estimate of drug-likeness (QED) is 0.301. The second-order valence-electron chi connectivity index (χ2n) is 8.64. The number of benzene rings is 3. The van der Waals surface area contributed by atoms with Crippen LogP contribution in [-0.4, -0.2) is 25.2 Å². The Morgan fingerprint density at radius 2 is 1.67 bits per heavy atom. The number of nitro benzene ring substituents is 1. The van der Waals surface area contributed by atoms with Gasteiger partial charge in [0.15, 0.2) is 4.90 Å². The second-order valence-corrected chi connectivity index (χ2v) is 10.3. The van der Waals surface area contributed by atoms with Crippen molar-refractivity contribution in [3.05, 3.63) is 81.9 Å². The average molecular weight is 507 g/mol. The molecule has 1 aliphatic heterocycles. The molecule has 3 aromatic rings. The SMILES string of the molecule is O=C1CC(=O)N(c2ccc(NS(=O)(=O)c3ccccc3[N+](=O)[O-])cc2)c2ccc3c(c2N1)CCCC3. The predicted molar refractivity (Wildman–Crippen MR) is 134 cm³/mol. The summed E-state index contributed by atoms with van der Waals surface area (Å²) in [6.45, 7) is 0. The molecule has 0 saturated heterocycles. The number of para-hydroxylation sites is 1. The van der Waals surface area contributed by atoms with Gasteiger partial charge in [-0.25, -0.2) is 8.42 Å². The number of hydrogen-bond acceptors (Lipinski definition) is 6. The van der Waals surface area contributed by atoms with Gasteiger partial charge >= 0.3 is 0 Å². The third kappa shape index (κ3) is 4.29. The molecule has 0 atom stereocenters. The zero-order chi connectivity index (χ0) is 25.4. The normalized spacial score (nSPS) is 15.4. The fraction of sp³-hybridized carbons (Fsp3) is 0.200. The molecular formula is C25H22N4O6S. The molecule has 1 aliphatic carbocycles. The summed E-state index contributed by atoms with van der Waals surface area (Å²) in [4.78, 5) is 37.0. The van der Waals surface area contributed by atoms with E-state index in [9.17, 15) is 28.1 Å². The molecule has 2 N–H and O–H groups in total. The molecule has 10 nitrogen and oxygen atoms in total. The largest absolute Gasteiger partial charge is 0.324 e. The number of sulfonamides is 1. The number of aryl methyl sites for hydroxylation is 1. The maximum absolute atomic E-state index is 13.0. The fourth-order valence-electron chi connectivity index (χ4n) is 4.68. The van der Waals surface area contributed by atoms with Gasteiger partial charge in [0.05, 0.1) is 16.3 Å². The minimum absolute atomic E-state index is 0.166. The number of carbonyl (C=O) groups is 2. The number of fused-ring (bicyclic) bond motifs is 3. The number of hydrogen-bond donors (Lipinski definition) is 2. The Hall–Kier alpha value is -4.25. The summed E-state index contributed by atoms with van der Waals surface area (Å²) in [6, 6.07) is 14.9. The van der Waals surface area contributed by atoms with Gasteiger partial charge in [-0.15, -0.1) is 0 Å². The summed E-state index contributed by atoms with van der Waals surface area (Å²) in [5.41, 5.74) is 3.51. The maximum Gasteiger partial charge on any atom is 0.289 e. The molecule has 3 aromatic carbocycles. The van der Waals surface area contributed by atoms with E-state index in [4.69, 9.17) is 0 Å². The molecule has 0 unspecified atom stereocenters. The zero-order valence-electron chi connectivity index (χ0n) is 19.1. The van der Waals surface area contributed by atoms with Crippen LogP contribution in [0.3, 0.4) is 0 Å². The number of rotatable bonds is 5. The second kappa shape index (κ2) is 9.08. The molecule has 0 radical (unpaired) electrons. The number of nitrogens with one attached hydrogen (secondary N) is 2. The third-order valence-corrected chi connectivity index (χ3v) is 7.74. The Morgan fingerprint density at radius 3 is 2.42 bits per heavy atom. The first-order valence-corrected chi connectivity index (χ1v) is 12.9. The van der Waals surface area contributed by atoms with Crippen molar-refractivity contribution < 1.29 is 22.9 Å². The first kappa shape index (κ1) is 23.5. The van der Waals surface area contributed by atoms with E-state index in [1.807, 2.05) is 12.1 Å². The molecule has 0 saturated carbocycles. The van der Waals surface area contributed by atoms with E-state index in [0.29, 0.717) is 17.1 Å². The van der Waals surface area contributed by atoms with Gasteiger partial charge in [-0.3, -0.25) is 29.3 Å². The molecule has 0 bridgehead atoms. The summed E-state index contributed by atoms with van der Waals surface area (Å²) in [5, 5.41) is 14.2.